The van der Waals surface area contributed by atoms with Crippen LogP contribution in [-0.4, -0.2) is 5.67 Å². The van der Waals surface area contributed by atoms with E-state index in [0.717, 1.165) is 24.2 Å². The molecule has 0 fully saturated rings. The molecule has 220 valence electrons. The van der Waals surface area contributed by atoms with Gasteiger partial charge in [-0.3, -0.25) is 0 Å². The van der Waals surface area contributed by atoms with Crippen LogP contribution < -0.4 is 0 Å². The first-order valence-electron chi connectivity index (χ1n) is 16.3. The molecule has 0 saturated carbocycles. The summed E-state index contributed by atoms with van der Waals surface area (Å²) in [6, 6.07) is 0. The summed E-state index contributed by atoms with van der Waals surface area (Å²) in [7, 11) is 0. The first kappa shape index (κ1) is 33.4. The zero-order chi connectivity index (χ0) is 28.9. The first-order valence-corrected chi connectivity index (χ1v) is 16.3. The molecule has 0 nitrogen and oxygen atoms in total. The SMILES string of the molecule is Cc1c(C)c2c(c(C)c1CC(C)(C)C(C)(C)F)CCC(C)(CCCC(C)CCCC(C)CCCC(C)C)C2. The van der Waals surface area contributed by atoms with Gasteiger partial charge in [-0.1, -0.05) is 99.8 Å². The molecule has 0 bridgehead atoms. The van der Waals surface area contributed by atoms with E-state index in [1.165, 1.54) is 99.3 Å². The Morgan fingerprint density at radius 2 is 1.26 bits per heavy atom. The lowest BCUT2D eigenvalue weighted by atomic mass is 9.66. The summed E-state index contributed by atoms with van der Waals surface area (Å²) in [5.74, 6) is 2.60. The maximum absolute atomic E-state index is 15.0. The average Bonchev–Trinajstić information content (AvgIpc) is 2.79. The molecule has 1 aromatic rings. The van der Waals surface area contributed by atoms with Gasteiger partial charge >= 0.3 is 0 Å². The fourth-order valence-corrected chi connectivity index (χ4v) is 6.87. The fraction of sp³-hybridized carbons (Fsp3) is 0.838. The number of alkyl halides is 1. The minimum atomic E-state index is -1.20. The van der Waals surface area contributed by atoms with Crippen molar-refractivity contribution in [1.82, 2.24) is 0 Å². The number of hydrogen-bond acceptors (Lipinski definition) is 0. The molecule has 3 atom stereocenters. The molecule has 38 heavy (non-hydrogen) atoms. The normalized spacial score (nSPS) is 20.1. The van der Waals surface area contributed by atoms with Crippen LogP contribution in [0.25, 0.3) is 0 Å². The van der Waals surface area contributed by atoms with Crippen molar-refractivity contribution in [3.8, 4) is 0 Å². The lowest BCUT2D eigenvalue weighted by molar-refractivity contribution is 0.0526. The Hall–Kier alpha value is -0.850. The third-order valence-electron chi connectivity index (χ3n) is 10.9. The predicted octanol–water partition coefficient (Wildman–Crippen LogP) is 11.9. The molecule has 0 heterocycles. The van der Waals surface area contributed by atoms with Crippen molar-refractivity contribution in [2.75, 3.05) is 0 Å². The molecular weight excluding hydrogens is 463 g/mol. The zero-order valence-corrected chi connectivity index (χ0v) is 27.8. The summed E-state index contributed by atoms with van der Waals surface area (Å²) in [5, 5.41) is 0. The third-order valence-corrected chi connectivity index (χ3v) is 10.9. The van der Waals surface area contributed by atoms with Crippen LogP contribution in [0.15, 0.2) is 0 Å². The molecule has 0 radical (unpaired) electrons. The maximum atomic E-state index is 15.0. The summed E-state index contributed by atoms with van der Waals surface area (Å²) in [6.07, 6.45) is 17.1. The molecule has 1 aromatic carbocycles. The molecule has 0 amide bonds. The third kappa shape index (κ3) is 9.09. The van der Waals surface area contributed by atoms with Crippen molar-refractivity contribution in [3.05, 3.63) is 33.4 Å². The van der Waals surface area contributed by atoms with Crippen LogP contribution in [0.1, 0.15) is 160 Å². The molecule has 1 aliphatic rings. The Labute approximate surface area is 238 Å². The van der Waals surface area contributed by atoms with Crippen LogP contribution in [0.5, 0.6) is 0 Å². The second kappa shape index (κ2) is 13.7. The smallest absolute Gasteiger partial charge is 0.110 e. The van der Waals surface area contributed by atoms with Crippen molar-refractivity contribution < 1.29 is 4.39 Å². The molecule has 1 aliphatic carbocycles. The van der Waals surface area contributed by atoms with Crippen molar-refractivity contribution in [2.45, 2.75) is 172 Å². The fourth-order valence-electron chi connectivity index (χ4n) is 6.87. The largest absolute Gasteiger partial charge is 0.244 e. The van der Waals surface area contributed by atoms with E-state index in [2.05, 4.69) is 69.2 Å². The molecule has 1 heteroatoms. The quantitative estimate of drug-likeness (QED) is 0.212. The minimum Gasteiger partial charge on any atom is -0.244 e. The highest BCUT2D eigenvalue weighted by molar-refractivity contribution is 5.52. The first-order chi connectivity index (χ1) is 17.5. The highest BCUT2D eigenvalue weighted by Crippen LogP contribution is 2.45. The Morgan fingerprint density at radius 1 is 0.737 bits per heavy atom. The molecule has 0 N–H and O–H groups in total. The molecular formula is C37H65F. The van der Waals surface area contributed by atoms with E-state index >= 15 is 4.39 Å². The van der Waals surface area contributed by atoms with E-state index in [0.29, 0.717) is 5.41 Å². The summed E-state index contributed by atoms with van der Waals surface area (Å²) in [5.41, 5.74) is 7.80. The maximum Gasteiger partial charge on any atom is 0.110 e. The molecule has 3 unspecified atom stereocenters. The zero-order valence-electron chi connectivity index (χ0n) is 27.8. The number of hydrogen-bond donors (Lipinski definition) is 0. The van der Waals surface area contributed by atoms with Gasteiger partial charge in [0.15, 0.2) is 0 Å². The topological polar surface area (TPSA) is 0 Å². The van der Waals surface area contributed by atoms with Gasteiger partial charge in [-0.2, -0.15) is 0 Å². The summed E-state index contributed by atoms with van der Waals surface area (Å²) in [4.78, 5) is 0. The van der Waals surface area contributed by atoms with E-state index in [9.17, 15) is 0 Å². The summed E-state index contributed by atoms with van der Waals surface area (Å²) in [6.45, 7) is 26.8. The van der Waals surface area contributed by atoms with Crippen LogP contribution in [0.4, 0.5) is 4.39 Å². The molecule has 2 rings (SSSR count). The van der Waals surface area contributed by atoms with Crippen LogP contribution in [0, 0.1) is 49.4 Å². The number of rotatable bonds is 15. The van der Waals surface area contributed by atoms with Crippen molar-refractivity contribution in [2.24, 2.45) is 28.6 Å². The molecule has 0 spiro atoms. The second-order valence-electron chi connectivity index (χ2n) is 15.7. The Morgan fingerprint density at radius 3 is 1.79 bits per heavy atom. The van der Waals surface area contributed by atoms with Crippen LogP contribution in [0.3, 0.4) is 0 Å². The van der Waals surface area contributed by atoms with Gasteiger partial charge in [-0.25, -0.2) is 4.39 Å². The van der Waals surface area contributed by atoms with Crippen molar-refractivity contribution in [3.63, 3.8) is 0 Å². The van der Waals surface area contributed by atoms with Gasteiger partial charge in [0.05, 0.1) is 0 Å². The van der Waals surface area contributed by atoms with Gasteiger partial charge < -0.3 is 0 Å². The van der Waals surface area contributed by atoms with Gasteiger partial charge in [0.2, 0.25) is 0 Å². The molecule has 0 saturated heterocycles. The Kier molecular flexibility index (Phi) is 12.0. The predicted molar refractivity (Wildman–Crippen MR) is 168 cm³/mol. The Bertz CT molecular complexity index is 883. The van der Waals surface area contributed by atoms with Gasteiger partial charge in [-0.15, -0.1) is 0 Å². The number of fused-ring (bicyclic) bond motifs is 1. The highest BCUT2D eigenvalue weighted by Gasteiger charge is 2.39. The van der Waals surface area contributed by atoms with E-state index in [1.54, 1.807) is 25.0 Å². The highest BCUT2D eigenvalue weighted by atomic mass is 19.1. The summed E-state index contributed by atoms with van der Waals surface area (Å²) >= 11 is 0. The summed E-state index contributed by atoms with van der Waals surface area (Å²) < 4.78 is 15.0. The van der Waals surface area contributed by atoms with Crippen LogP contribution in [0.2, 0.25) is 0 Å². The van der Waals surface area contributed by atoms with Crippen molar-refractivity contribution >= 4 is 0 Å². The van der Waals surface area contributed by atoms with Crippen molar-refractivity contribution in [1.29, 1.82) is 0 Å². The number of halogens is 1. The lowest BCUT2D eigenvalue weighted by Gasteiger charge is -2.40. The van der Waals surface area contributed by atoms with E-state index < -0.39 is 5.67 Å². The Balaban J connectivity index is 1.92. The standard InChI is InChI=1S/C37H65F/c1-26(2)16-13-17-27(3)18-14-19-28(4)20-15-22-37(12)23-21-32-31(7)33(24-35(8,9)36(10,11)38)29(5)30(6)34(32)25-37/h26-28H,13-25H2,1-12H3. The van der Waals surface area contributed by atoms with Gasteiger partial charge in [0.1, 0.15) is 5.67 Å². The van der Waals surface area contributed by atoms with Gasteiger partial charge in [0.25, 0.3) is 0 Å². The van der Waals surface area contributed by atoms with E-state index in [-0.39, 0.29) is 5.41 Å². The van der Waals surface area contributed by atoms with Crippen LogP contribution >= 0.6 is 0 Å². The average molecular weight is 529 g/mol. The van der Waals surface area contributed by atoms with Gasteiger partial charge in [0, 0.05) is 5.41 Å². The second-order valence-corrected chi connectivity index (χ2v) is 15.7. The van der Waals surface area contributed by atoms with E-state index in [1.807, 2.05) is 0 Å². The lowest BCUT2D eigenvalue weighted by Crippen LogP contribution is -2.37. The minimum absolute atomic E-state index is 0.380. The number of benzene rings is 1. The molecule has 0 aromatic heterocycles. The van der Waals surface area contributed by atoms with Gasteiger partial charge in [-0.05, 0) is 123 Å². The van der Waals surface area contributed by atoms with Crippen LogP contribution in [-0.2, 0) is 19.3 Å². The molecule has 0 aliphatic heterocycles. The monoisotopic (exact) mass is 529 g/mol. The van der Waals surface area contributed by atoms with E-state index in [4.69, 9.17) is 0 Å².